The summed E-state index contributed by atoms with van der Waals surface area (Å²) in [4.78, 5) is 35.8. The van der Waals surface area contributed by atoms with Crippen LogP contribution < -0.4 is 10.6 Å². The number of amides is 2. The lowest BCUT2D eigenvalue weighted by Gasteiger charge is -2.21. The van der Waals surface area contributed by atoms with Crippen molar-refractivity contribution in [1.82, 2.24) is 10.6 Å². The monoisotopic (exact) mass is 444 g/mol. The molecule has 0 fully saturated rings. The molecule has 4 aromatic carbocycles. The standard InChI is InChI=1S/C27H28N2O4/c1-16(2)14-22(29-23(30)12-13-24(31)32)27(33)28-15-20-9-8-19-7-6-17-4-3-5-18-10-11-21(20)26(19)25(17)18/h3-11,16,22H,12-15H2,1-2H3,(H,28,33)(H,29,30)(H,31,32)/t22-/m0/s1. The third-order valence-electron chi connectivity index (χ3n) is 6.00. The zero-order valence-corrected chi connectivity index (χ0v) is 18.9. The number of carbonyl (C=O) groups is 3. The summed E-state index contributed by atoms with van der Waals surface area (Å²) in [5.74, 6) is -1.54. The van der Waals surface area contributed by atoms with Gasteiger partial charge in [-0.25, -0.2) is 0 Å². The molecule has 6 heteroatoms. The number of carbonyl (C=O) groups excluding carboxylic acids is 2. The van der Waals surface area contributed by atoms with E-state index in [9.17, 15) is 14.4 Å². The van der Waals surface area contributed by atoms with Crippen LogP contribution in [0.2, 0.25) is 0 Å². The molecule has 4 rings (SSSR count). The lowest BCUT2D eigenvalue weighted by molar-refractivity contribution is -0.139. The molecule has 0 saturated heterocycles. The summed E-state index contributed by atoms with van der Waals surface area (Å²) in [6.45, 7) is 4.29. The van der Waals surface area contributed by atoms with Gasteiger partial charge in [-0.1, -0.05) is 68.4 Å². The Bertz CT molecular complexity index is 1310. The highest BCUT2D eigenvalue weighted by atomic mass is 16.4. The fraction of sp³-hybridized carbons (Fsp3) is 0.296. The van der Waals surface area contributed by atoms with Crippen LogP contribution >= 0.6 is 0 Å². The van der Waals surface area contributed by atoms with Crippen molar-refractivity contribution in [2.24, 2.45) is 5.92 Å². The highest BCUT2D eigenvalue weighted by molar-refractivity contribution is 6.23. The van der Waals surface area contributed by atoms with Gasteiger partial charge in [0.25, 0.3) is 0 Å². The summed E-state index contributed by atoms with van der Waals surface area (Å²) in [7, 11) is 0. The SMILES string of the molecule is CC(C)C[C@H](NC(=O)CCC(=O)O)C(=O)NCc1ccc2ccc3cccc4ccc1c2c34. The molecule has 0 saturated carbocycles. The summed E-state index contributed by atoms with van der Waals surface area (Å²) in [6, 6.07) is 18.2. The fourth-order valence-electron chi connectivity index (χ4n) is 4.45. The molecule has 0 aromatic heterocycles. The van der Waals surface area contributed by atoms with E-state index < -0.39 is 17.9 Å². The normalized spacial score (nSPS) is 12.5. The van der Waals surface area contributed by atoms with Crippen LogP contribution in [-0.2, 0) is 20.9 Å². The quantitative estimate of drug-likeness (QED) is 0.329. The first-order valence-electron chi connectivity index (χ1n) is 11.3. The highest BCUT2D eigenvalue weighted by Gasteiger charge is 2.22. The summed E-state index contributed by atoms with van der Waals surface area (Å²) >= 11 is 0. The summed E-state index contributed by atoms with van der Waals surface area (Å²) < 4.78 is 0. The Labute approximate surface area is 192 Å². The molecule has 4 aromatic rings. The second kappa shape index (κ2) is 9.45. The van der Waals surface area contributed by atoms with Gasteiger partial charge in [0.15, 0.2) is 0 Å². The van der Waals surface area contributed by atoms with Gasteiger partial charge in [-0.05, 0) is 50.2 Å². The van der Waals surface area contributed by atoms with Crippen molar-refractivity contribution < 1.29 is 19.5 Å². The molecule has 0 aliphatic rings. The minimum atomic E-state index is -1.04. The second-order valence-corrected chi connectivity index (χ2v) is 8.94. The minimum absolute atomic E-state index is 0.147. The highest BCUT2D eigenvalue weighted by Crippen LogP contribution is 2.35. The van der Waals surface area contributed by atoms with Crippen LogP contribution in [0, 0.1) is 5.92 Å². The zero-order chi connectivity index (χ0) is 23.5. The second-order valence-electron chi connectivity index (χ2n) is 8.94. The third-order valence-corrected chi connectivity index (χ3v) is 6.00. The molecule has 0 unspecified atom stereocenters. The molecule has 33 heavy (non-hydrogen) atoms. The molecule has 0 spiro atoms. The van der Waals surface area contributed by atoms with Gasteiger partial charge in [-0.15, -0.1) is 0 Å². The average Bonchev–Trinajstić information content (AvgIpc) is 2.79. The number of aliphatic carboxylic acids is 1. The van der Waals surface area contributed by atoms with Crippen molar-refractivity contribution in [3.8, 4) is 0 Å². The van der Waals surface area contributed by atoms with Crippen LogP contribution in [-0.4, -0.2) is 28.9 Å². The number of hydrogen-bond acceptors (Lipinski definition) is 3. The number of carboxylic acid groups (broad SMARTS) is 1. The Morgan fingerprint density at radius 3 is 2.15 bits per heavy atom. The number of nitrogens with one attached hydrogen (secondary N) is 2. The molecule has 170 valence electrons. The zero-order valence-electron chi connectivity index (χ0n) is 18.9. The predicted molar refractivity (Wildman–Crippen MR) is 130 cm³/mol. The first-order chi connectivity index (χ1) is 15.8. The van der Waals surface area contributed by atoms with E-state index in [4.69, 9.17) is 5.11 Å². The molecule has 1 atom stereocenters. The van der Waals surface area contributed by atoms with E-state index in [1.54, 1.807) is 0 Å². The molecule has 0 aliphatic carbocycles. The third kappa shape index (κ3) is 4.90. The Hall–Kier alpha value is -3.67. The van der Waals surface area contributed by atoms with Gasteiger partial charge in [0.05, 0.1) is 6.42 Å². The molecule has 0 heterocycles. The number of hydrogen-bond donors (Lipinski definition) is 3. The molecule has 0 aliphatic heterocycles. The van der Waals surface area contributed by atoms with Gasteiger partial charge in [0.1, 0.15) is 6.04 Å². The lowest BCUT2D eigenvalue weighted by atomic mass is 9.92. The van der Waals surface area contributed by atoms with Gasteiger partial charge in [-0.3, -0.25) is 14.4 Å². The number of carboxylic acids is 1. The van der Waals surface area contributed by atoms with E-state index in [2.05, 4.69) is 59.2 Å². The maximum Gasteiger partial charge on any atom is 0.303 e. The van der Waals surface area contributed by atoms with Gasteiger partial charge < -0.3 is 15.7 Å². The largest absolute Gasteiger partial charge is 0.481 e. The van der Waals surface area contributed by atoms with Crippen molar-refractivity contribution in [3.63, 3.8) is 0 Å². The molecular formula is C27H28N2O4. The topological polar surface area (TPSA) is 95.5 Å². The first kappa shape index (κ1) is 22.5. The summed E-state index contributed by atoms with van der Waals surface area (Å²) in [5.41, 5.74) is 1.01. The van der Waals surface area contributed by atoms with Crippen LogP contribution in [0.4, 0.5) is 0 Å². The van der Waals surface area contributed by atoms with Crippen molar-refractivity contribution in [2.75, 3.05) is 0 Å². The van der Waals surface area contributed by atoms with E-state index in [0.717, 1.165) is 16.3 Å². The van der Waals surface area contributed by atoms with Crippen LogP contribution in [0.25, 0.3) is 32.3 Å². The van der Waals surface area contributed by atoms with Gasteiger partial charge >= 0.3 is 5.97 Å². The number of benzene rings is 4. The van der Waals surface area contributed by atoms with Crippen molar-refractivity contribution in [2.45, 2.75) is 45.7 Å². The Morgan fingerprint density at radius 2 is 1.48 bits per heavy atom. The van der Waals surface area contributed by atoms with Crippen LogP contribution in [0.1, 0.15) is 38.7 Å². The van der Waals surface area contributed by atoms with Crippen molar-refractivity contribution >= 4 is 50.1 Å². The van der Waals surface area contributed by atoms with E-state index >= 15 is 0 Å². The van der Waals surface area contributed by atoms with Crippen molar-refractivity contribution in [3.05, 3.63) is 60.2 Å². The first-order valence-corrected chi connectivity index (χ1v) is 11.3. The van der Waals surface area contributed by atoms with Crippen LogP contribution in [0.3, 0.4) is 0 Å². The Morgan fingerprint density at radius 1 is 0.848 bits per heavy atom. The molecule has 3 N–H and O–H groups in total. The molecule has 0 bridgehead atoms. The molecule has 0 radical (unpaired) electrons. The smallest absolute Gasteiger partial charge is 0.303 e. The number of rotatable bonds is 9. The van der Waals surface area contributed by atoms with E-state index in [1.807, 2.05) is 19.9 Å². The van der Waals surface area contributed by atoms with Gasteiger partial charge in [-0.2, -0.15) is 0 Å². The summed E-state index contributed by atoms with van der Waals surface area (Å²) in [6.07, 6.45) is 0.0694. The molecular weight excluding hydrogens is 416 g/mol. The fourth-order valence-corrected chi connectivity index (χ4v) is 4.45. The molecule has 2 amide bonds. The van der Waals surface area contributed by atoms with Gasteiger partial charge in [0, 0.05) is 13.0 Å². The van der Waals surface area contributed by atoms with E-state index in [0.29, 0.717) is 13.0 Å². The summed E-state index contributed by atoms with van der Waals surface area (Å²) in [5, 5.41) is 21.5. The minimum Gasteiger partial charge on any atom is -0.481 e. The predicted octanol–water partition coefficient (Wildman–Crippen LogP) is 4.60. The van der Waals surface area contributed by atoms with E-state index in [-0.39, 0.29) is 24.7 Å². The van der Waals surface area contributed by atoms with Crippen molar-refractivity contribution in [1.29, 1.82) is 0 Å². The average molecular weight is 445 g/mol. The Kier molecular flexibility index (Phi) is 6.45. The maximum absolute atomic E-state index is 13.0. The van der Waals surface area contributed by atoms with Crippen LogP contribution in [0.5, 0.6) is 0 Å². The molecule has 6 nitrogen and oxygen atoms in total. The van der Waals surface area contributed by atoms with E-state index in [1.165, 1.54) is 21.5 Å². The Balaban J connectivity index is 1.55. The lowest BCUT2D eigenvalue weighted by Crippen LogP contribution is -2.47. The maximum atomic E-state index is 13.0. The van der Waals surface area contributed by atoms with Gasteiger partial charge in [0.2, 0.25) is 11.8 Å². The van der Waals surface area contributed by atoms with Crippen LogP contribution in [0.15, 0.2) is 54.6 Å².